The van der Waals surface area contributed by atoms with Gasteiger partial charge >= 0.3 is 0 Å². The highest BCUT2D eigenvalue weighted by molar-refractivity contribution is 5.77. The van der Waals surface area contributed by atoms with Gasteiger partial charge in [-0.2, -0.15) is 0 Å². The molecule has 0 aromatic heterocycles. The fourth-order valence-electron chi connectivity index (χ4n) is 3.75. The summed E-state index contributed by atoms with van der Waals surface area (Å²) in [5, 5.41) is 0. The quantitative estimate of drug-likeness (QED) is 0.836. The van der Waals surface area contributed by atoms with Crippen LogP contribution >= 0.6 is 0 Å². The molecule has 1 spiro atoms. The predicted molar refractivity (Wildman–Crippen MR) is 82.5 cm³/mol. The van der Waals surface area contributed by atoms with Crippen LogP contribution in [0, 0.1) is 5.41 Å². The molecule has 1 saturated heterocycles. The monoisotopic (exact) mass is 281 g/mol. The van der Waals surface area contributed by atoms with E-state index in [1.54, 1.807) is 0 Å². The summed E-state index contributed by atoms with van der Waals surface area (Å²) >= 11 is 0. The Morgan fingerprint density at radius 2 is 1.80 bits per heavy atom. The topological polar surface area (TPSA) is 49.6 Å². The number of likely N-dealkylation sites (tertiary alicyclic amines) is 1. The molecule has 0 bridgehead atoms. The third-order valence-corrected chi connectivity index (χ3v) is 5.31. The lowest BCUT2D eigenvalue weighted by molar-refractivity contribution is -0.131. The summed E-state index contributed by atoms with van der Waals surface area (Å²) in [7, 11) is 1.89. The molecular formula is C16H31N3O. The van der Waals surface area contributed by atoms with Gasteiger partial charge in [0, 0.05) is 13.6 Å². The Balaban J connectivity index is 1.72. The molecule has 20 heavy (non-hydrogen) atoms. The molecule has 1 aliphatic heterocycles. The summed E-state index contributed by atoms with van der Waals surface area (Å²) < 4.78 is 0. The van der Waals surface area contributed by atoms with Gasteiger partial charge in [0.25, 0.3) is 0 Å². The molecule has 0 atom stereocenters. The highest BCUT2D eigenvalue weighted by Gasteiger charge is 2.35. The number of likely N-dealkylation sites (N-methyl/N-ethyl adjacent to an activating group) is 1. The lowest BCUT2D eigenvalue weighted by Crippen LogP contribution is -2.45. The molecule has 4 heteroatoms. The van der Waals surface area contributed by atoms with Crippen LogP contribution in [0.1, 0.15) is 51.4 Å². The molecule has 2 rings (SSSR count). The maximum absolute atomic E-state index is 12.1. The predicted octanol–water partition coefficient (Wildman–Crippen LogP) is 1.84. The Hall–Kier alpha value is -0.610. The van der Waals surface area contributed by atoms with Gasteiger partial charge in [-0.1, -0.05) is 19.3 Å². The van der Waals surface area contributed by atoms with Crippen molar-refractivity contribution >= 4 is 5.91 Å². The Morgan fingerprint density at radius 1 is 1.15 bits per heavy atom. The zero-order valence-corrected chi connectivity index (χ0v) is 13.1. The lowest BCUT2D eigenvalue weighted by Gasteiger charge is -2.44. The zero-order valence-electron chi connectivity index (χ0n) is 13.1. The van der Waals surface area contributed by atoms with E-state index >= 15 is 0 Å². The van der Waals surface area contributed by atoms with Gasteiger partial charge in [0.2, 0.25) is 5.91 Å². The van der Waals surface area contributed by atoms with Crippen molar-refractivity contribution in [3.8, 4) is 0 Å². The fourth-order valence-corrected chi connectivity index (χ4v) is 3.75. The van der Waals surface area contributed by atoms with E-state index in [2.05, 4.69) is 4.90 Å². The molecule has 1 heterocycles. The molecule has 1 amide bonds. The molecule has 2 N–H and O–H groups in total. The van der Waals surface area contributed by atoms with Crippen LogP contribution in [0.25, 0.3) is 0 Å². The molecule has 2 aliphatic rings. The number of carbonyl (C=O) groups is 1. The molecule has 0 unspecified atom stereocenters. The molecule has 1 aliphatic carbocycles. The Labute approximate surface area is 123 Å². The summed E-state index contributed by atoms with van der Waals surface area (Å²) in [5.74, 6) is 0.248. The van der Waals surface area contributed by atoms with Crippen molar-refractivity contribution in [3.05, 3.63) is 0 Å². The molecule has 4 nitrogen and oxygen atoms in total. The SMILES string of the molecule is CN(CCCN)C(=O)CN1CCC2(CCCCC2)CC1. The average Bonchev–Trinajstić information content (AvgIpc) is 2.48. The van der Waals surface area contributed by atoms with Crippen molar-refractivity contribution in [2.24, 2.45) is 11.1 Å². The molecule has 2 fully saturated rings. The number of nitrogens with two attached hydrogens (primary N) is 1. The normalized spacial score (nSPS) is 22.9. The van der Waals surface area contributed by atoms with Crippen molar-refractivity contribution < 1.29 is 4.79 Å². The third-order valence-electron chi connectivity index (χ3n) is 5.31. The van der Waals surface area contributed by atoms with Crippen LogP contribution in [0.2, 0.25) is 0 Å². The van der Waals surface area contributed by atoms with E-state index in [-0.39, 0.29) is 5.91 Å². The molecule has 0 aromatic rings. The van der Waals surface area contributed by atoms with Crippen LogP contribution in [0.4, 0.5) is 0 Å². The van der Waals surface area contributed by atoms with Crippen LogP contribution in [-0.2, 0) is 4.79 Å². The smallest absolute Gasteiger partial charge is 0.236 e. The molecular weight excluding hydrogens is 250 g/mol. The van der Waals surface area contributed by atoms with Gasteiger partial charge < -0.3 is 10.6 Å². The minimum Gasteiger partial charge on any atom is -0.345 e. The second kappa shape index (κ2) is 7.41. The summed E-state index contributed by atoms with van der Waals surface area (Å²) in [4.78, 5) is 16.3. The van der Waals surface area contributed by atoms with Crippen molar-refractivity contribution in [3.63, 3.8) is 0 Å². The maximum Gasteiger partial charge on any atom is 0.236 e. The highest BCUT2D eigenvalue weighted by atomic mass is 16.2. The number of nitrogens with zero attached hydrogens (tertiary/aromatic N) is 2. The van der Waals surface area contributed by atoms with Gasteiger partial charge in [-0.05, 0) is 57.2 Å². The van der Waals surface area contributed by atoms with E-state index in [0.29, 0.717) is 18.5 Å². The Kier molecular flexibility index (Phi) is 5.85. The third kappa shape index (κ3) is 4.19. The standard InChI is InChI=1S/C16H31N3O/c1-18(11-5-10-17)15(20)14-19-12-8-16(9-13-19)6-3-2-4-7-16/h2-14,17H2,1H3. The van der Waals surface area contributed by atoms with Gasteiger partial charge in [0.1, 0.15) is 0 Å². The van der Waals surface area contributed by atoms with E-state index in [1.165, 1.54) is 44.9 Å². The first-order valence-electron chi connectivity index (χ1n) is 8.32. The number of hydrogen-bond acceptors (Lipinski definition) is 3. The van der Waals surface area contributed by atoms with E-state index < -0.39 is 0 Å². The van der Waals surface area contributed by atoms with Crippen LogP contribution in [0.3, 0.4) is 0 Å². The van der Waals surface area contributed by atoms with E-state index in [9.17, 15) is 4.79 Å². The average molecular weight is 281 g/mol. The van der Waals surface area contributed by atoms with Gasteiger partial charge in [-0.15, -0.1) is 0 Å². The van der Waals surface area contributed by atoms with E-state index in [0.717, 1.165) is 26.1 Å². The van der Waals surface area contributed by atoms with Crippen LogP contribution in [0.5, 0.6) is 0 Å². The lowest BCUT2D eigenvalue weighted by atomic mass is 9.68. The van der Waals surface area contributed by atoms with Gasteiger partial charge in [0.05, 0.1) is 6.54 Å². The number of piperidine rings is 1. The zero-order chi connectivity index (χ0) is 14.4. The first-order chi connectivity index (χ1) is 9.65. The first-order valence-corrected chi connectivity index (χ1v) is 8.32. The number of carbonyl (C=O) groups excluding carboxylic acids is 1. The van der Waals surface area contributed by atoms with Crippen molar-refractivity contribution in [1.29, 1.82) is 0 Å². The molecule has 0 aromatic carbocycles. The van der Waals surface area contributed by atoms with Crippen LogP contribution in [0.15, 0.2) is 0 Å². The van der Waals surface area contributed by atoms with Gasteiger partial charge in [-0.25, -0.2) is 0 Å². The van der Waals surface area contributed by atoms with Crippen molar-refractivity contribution in [2.45, 2.75) is 51.4 Å². The molecule has 1 saturated carbocycles. The Morgan fingerprint density at radius 3 is 2.40 bits per heavy atom. The maximum atomic E-state index is 12.1. The van der Waals surface area contributed by atoms with Gasteiger partial charge in [0.15, 0.2) is 0 Å². The number of rotatable bonds is 5. The minimum atomic E-state index is 0.248. The number of hydrogen-bond donors (Lipinski definition) is 1. The van der Waals surface area contributed by atoms with Crippen LogP contribution < -0.4 is 5.73 Å². The Bertz CT molecular complexity index is 303. The highest BCUT2D eigenvalue weighted by Crippen LogP contribution is 2.44. The molecule has 116 valence electrons. The van der Waals surface area contributed by atoms with Crippen molar-refractivity contribution in [1.82, 2.24) is 9.80 Å². The summed E-state index contributed by atoms with van der Waals surface area (Å²) in [6, 6.07) is 0. The number of amides is 1. The second-order valence-electron chi connectivity index (χ2n) is 6.79. The van der Waals surface area contributed by atoms with Crippen molar-refractivity contribution in [2.75, 3.05) is 39.8 Å². The summed E-state index contributed by atoms with van der Waals surface area (Å²) in [5.41, 5.74) is 6.12. The van der Waals surface area contributed by atoms with E-state index in [1.807, 2.05) is 11.9 Å². The fraction of sp³-hybridized carbons (Fsp3) is 0.938. The summed E-state index contributed by atoms with van der Waals surface area (Å²) in [6.07, 6.45) is 10.6. The van der Waals surface area contributed by atoms with Gasteiger partial charge in [-0.3, -0.25) is 9.69 Å². The molecule has 0 radical (unpaired) electrons. The summed E-state index contributed by atoms with van der Waals surface area (Å²) in [6.45, 7) is 4.25. The first kappa shape index (κ1) is 15.8. The van der Waals surface area contributed by atoms with Crippen LogP contribution in [-0.4, -0.2) is 55.5 Å². The second-order valence-corrected chi connectivity index (χ2v) is 6.79. The minimum absolute atomic E-state index is 0.248. The largest absolute Gasteiger partial charge is 0.345 e. The van der Waals surface area contributed by atoms with E-state index in [4.69, 9.17) is 5.73 Å².